The number of hydrogen-bond acceptors (Lipinski definition) is 5. The van der Waals surface area contributed by atoms with Crippen molar-refractivity contribution in [3.05, 3.63) is 212 Å². The van der Waals surface area contributed by atoms with Crippen molar-refractivity contribution in [1.29, 1.82) is 0 Å². The lowest BCUT2D eigenvalue weighted by Crippen LogP contribution is -2.25. The molecule has 10 bridgehead atoms. The molecular weight excluding hydrogens is 765 g/mol. The molecular formula is C56H36N2O2S. The summed E-state index contributed by atoms with van der Waals surface area (Å²) >= 11 is 1.74. The number of aryl methyl sites for hydroxylation is 2. The van der Waals surface area contributed by atoms with E-state index >= 15 is 0 Å². The number of thiophene rings is 1. The second-order valence-corrected chi connectivity index (χ2v) is 16.8. The lowest BCUT2D eigenvalue weighted by atomic mass is 9.89. The van der Waals surface area contributed by atoms with Gasteiger partial charge in [0.15, 0.2) is 0 Å². The molecule has 1 aromatic heterocycles. The third-order valence-electron chi connectivity index (χ3n) is 11.8. The number of benzene rings is 7. The van der Waals surface area contributed by atoms with Gasteiger partial charge in [0.1, 0.15) is 0 Å². The van der Waals surface area contributed by atoms with E-state index in [0.29, 0.717) is 21.9 Å². The summed E-state index contributed by atoms with van der Waals surface area (Å²) in [5.74, 6) is 0. The molecule has 0 atom stereocenters. The first-order valence-electron chi connectivity index (χ1n) is 20.4. The van der Waals surface area contributed by atoms with Crippen LogP contribution in [0.5, 0.6) is 0 Å². The third-order valence-corrected chi connectivity index (χ3v) is 12.9. The predicted octanol–water partition coefficient (Wildman–Crippen LogP) is 13.8. The Kier molecular flexibility index (Phi) is 8.73. The summed E-state index contributed by atoms with van der Waals surface area (Å²) < 4.78 is 2.19. The molecule has 288 valence electrons. The molecule has 0 unspecified atom stereocenters. The van der Waals surface area contributed by atoms with Crippen LogP contribution in [0.2, 0.25) is 0 Å². The maximum absolute atomic E-state index is 13.8. The highest BCUT2D eigenvalue weighted by Crippen LogP contribution is 2.42. The Hall–Kier alpha value is -7.60. The summed E-state index contributed by atoms with van der Waals surface area (Å²) in [6, 6.07) is 54.0. The molecule has 61 heavy (non-hydrogen) atoms. The van der Waals surface area contributed by atoms with E-state index in [9.17, 15) is 9.59 Å². The van der Waals surface area contributed by atoms with Crippen LogP contribution in [0.3, 0.4) is 0 Å². The van der Waals surface area contributed by atoms with Gasteiger partial charge in [-0.3, -0.25) is 9.59 Å². The zero-order chi connectivity index (χ0) is 41.2. The van der Waals surface area contributed by atoms with Crippen LogP contribution in [0.25, 0.3) is 111 Å². The van der Waals surface area contributed by atoms with Crippen LogP contribution in [0.1, 0.15) is 33.9 Å². The van der Waals surface area contributed by atoms with E-state index in [1.165, 1.54) is 11.1 Å². The van der Waals surface area contributed by atoms with Crippen molar-refractivity contribution in [3.63, 3.8) is 0 Å². The summed E-state index contributed by atoms with van der Waals surface area (Å²) in [6.07, 6.45) is 8.42. The minimum atomic E-state index is -0.503. The van der Waals surface area contributed by atoms with Crippen LogP contribution in [0.4, 0.5) is 0 Å². The fourth-order valence-electron chi connectivity index (χ4n) is 8.78. The highest BCUT2D eigenvalue weighted by atomic mass is 32.1. The van der Waals surface area contributed by atoms with Gasteiger partial charge in [0.25, 0.3) is 0 Å². The van der Waals surface area contributed by atoms with E-state index in [-0.39, 0.29) is 0 Å². The molecule has 4 aliphatic rings. The minimum Gasteiger partial charge on any atom is -0.285 e. The first-order chi connectivity index (χ1) is 29.9. The van der Waals surface area contributed by atoms with E-state index in [2.05, 4.69) is 135 Å². The summed E-state index contributed by atoms with van der Waals surface area (Å²) in [7, 11) is 0. The van der Waals surface area contributed by atoms with E-state index < -0.39 is 10.9 Å². The van der Waals surface area contributed by atoms with Gasteiger partial charge < -0.3 is 0 Å². The molecule has 11 rings (SSSR count). The normalized spacial score (nSPS) is 12.1. The van der Waals surface area contributed by atoms with E-state index in [1.807, 2.05) is 60.7 Å². The van der Waals surface area contributed by atoms with Gasteiger partial charge in [-0.2, -0.15) is 0 Å². The molecule has 0 spiro atoms. The van der Waals surface area contributed by atoms with Crippen molar-refractivity contribution < 1.29 is 0 Å². The standard InChI is InChI=1S/C56H36N2O2S/c1-33-13-17-37(18-14-33)53-47-27-25-45(57-47)51(35-9-5-3-6-10-35)39-21-23-41-43(31-39)44-32-40(22-24-42(44)56(60)55(41)59)52(36-11-7-4-8-12-36)46-26-28-48(58-46)54(50-30-29-49(53)61-50)38-19-15-34(2)16-20-38/h3-32H,1-2H3. The highest BCUT2D eigenvalue weighted by Gasteiger charge is 2.21. The zero-order valence-corrected chi connectivity index (χ0v) is 34.3. The fraction of sp³-hybridized carbons (Fsp3) is 0.0357. The number of aromatic nitrogens is 2. The van der Waals surface area contributed by atoms with Crippen LogP contribution >= 0.6 is 11.3 Å². The lowest BCUT2D eigenvalue weighted by Gasteiger charge is -2.13. The molecule has 0 saturated carbocycles. The van der Waals surface area contributed by atoms with Crippen LogP contribution in [-0.4, -0.2) is 9.97 Å². The first-order valence-corrected chi connectivity index (χ1v) is 21.2. The van der Waals surface area contributed by atoms with Gasteiger partial charge in [-0.05, 0) is 119 Å². The Morgan fingerprint density at radius 1 is 0.377 bits per heavy atom. The molecule has 0 radical (unpaired) electrons. The Bertz CT molecular complexity index is 3320. The van der Waals surface area contributed by atoms with Crippen molar-refractivity contribution in [3.8, 4) is 55.6 Å². The maximum Gasteiger partial charge on any atom is 0.234 e. The van der Waals surface area contributed by atoms with Crippen LogP contribution in [0.15, 0.2) is 167 Å². The topological polar surface area (TPSA) is 59.9 Å². The van der Waals surface area contributed by atoms with Crippen molar-refractivity contribution in [2.45, 2.75) is 13.8 Å². The van der Waals surface area contributed by atoms with Crippen LogP contribution < -0.4 is 10.9 Å². The Morgan fingerprint density at radius 2 is 0.738 bits per heavy atom. The highest BCUT2D eigenvalue weighted by molar-refractivity contribution is 7.24. The number of hydrogen-bond donors (Lipinski definition) is 0. The second kappa shape index (κ2) is 14.6. The summed E-state index contributed by atoms with van der Waals surface area (Å²) in [5, 5.41) is 2.58. The molecule has 6 aromatic carbocycles. The number of nitrogens with zero attached hydrogens (tertiary/aromatic N) is 2. The van der Waals surface area contributed by atoms with Gasteiger partial charge in [0, 0.05) is 42.4 Å². The van der Waals surface area contributed by atoms with Crippen molar-refractivity contribution in [2.75, 3.05) is 0 Å². The van der Waals surface area contributed by atoms with E-state index in [4.69, 9.17) is 9.97 Å². The van der Waals surface area contributed by atoms with Crippen molar-refractivity contribution in [1.82, 2.24) is 9.97 Å². The second-order valence-electron chi connectivity index (χ2n) is 15.7. The molecule has 4 heterocycles. The van der Waals surface area contributed by atoms with Crippen molar-refractivity contribution >= 4 is 66.6 Å². The third kappa shape index (κ3) is 6.30. The zero-order valence-electron chi connectivity index (χ0n) is 33.4. The van der Waals surface area contributed by atoms with Gasteiger partial charge in [0.2, 0.25) is 10.9 Å². The number of fused-ring (bicyclic) bond motifs is 8. The van der Waals surface area contributed by atoms with E-state index in [0.717, 1.165) is 87.5 Å². The maximum atomic E-state index is 13.8. The average molecular weight is 801 g/mol. The van der Waals surface area contributed by atoms with E-state index in [1.54, 1.807) is 11.3 Å². The smallest absolute Gasteiger partial charge is 0.234 e. The Balaban J connectivity index is 1.36. The molecule has 0 amide bonds. The summed E-state index contributed by atoms with van der Waals surface area (Å²) in [4.78, 5) is 38.5. The summed E-state index contributed by atoms with van der Waals surface area (Å²) in [6.45, 7) is 4.21. The van der Waals surface area contributed by atoms with Gasteiger partial charge in [0.05, 0.1) is 22.8 Å². The molecule has 5 heteroatoms. The fourth-order valence-corrected chi connectivity index (χ4v) is 9.94. The summed E-state index contributed by atoms with van der Waals surface area (Å²) in [5.41, 5.74) is 14.2. The lowest BCUT2D eigenvalue weighted by molar-refractivity contribution is 1.32. The van der Waals surface area contributed by atoms with Gasteiger partial charge in [-0.15, -0.1) is 11.3 Å². The molecule has 0 saturated heterocycles. The van der Waals surface area contributed by atoms with Crippen molar-refractivity contribution in [2.24, 2.45) is 0 Å². The van der Waals surface area contributed by atoms with Crippen LogP contribution in [-0.2, 0) is 0 Å². The minimum absolute atomic E-state index is 0.392. The molecule has 3 aliphatic heterocycles. The number of rotatable bonds is 4. The van der Waals surface area contributed by atoms with Gasteiger partial charge in [-0.25, -0.2) is 9.97 Å². The molecule has 1 aliphatic carbocycles. The van der Waals surface area contributed by atoms with Crippen LogP contribution in [0, 0.1) is 13.8 Å². The molecule has 7 aromatic rings. The Labute approximate surface area is 356 Å². The first kappa shape index (κ1) is 36.5. The average Bonchev–Trinajstić information content (AvgIpc) is 4.09. The van der Waals surface area contributed by atoms with Gasteiger partial charge in [-0.1, -0.05) is 132 Å². The largest absolute Gasteiger partial charge is 0.285 e. The van der Waals surface area contributed by atoms with Gasteiger partial charge >= 0.3 is 0 Å². The molecule has 0 fully saturated rings. The molecule has 0 N–H and O–H groups in total. The predicted molar refractivity (Wildman–Crippen MR) is 257 cm³/mol. The quantitative estimate of drug-likeness (QED) is 0.131. The SMILES string of the molecule is Cc1ccc(-c2c3nc(c(-c4ccccc4)c4ccc5c(c4)-c4cc(ccc4c(=O)c5=O)c(-c4ccccc4)c4nc(c(-c5ccc(C)cc5)c5ccc2s5)C=C4)C=C3)cc1. The Morgan fingerprint density at radius 3 is 1.13 bits per heavy atom. The monoisotopic (exact) mass is 800 g/mol. The molecule has 4 nitrogen and oxygen atoms in total.